The molecule has 3 N–H and O–H groups in total. The van der Waals surface area contributed by atoms with Crippen molar-refractivity contribution in [1.29, 1.82) is 0 Å². The van der Waals surface area contributed by atoms with Gasteiger partial charge in [-0.2, -0.15) is 0 Å². The van der Waals surface area contributed by atoms with Crippen LogP contribution in [-0.2, 0) is 9.59 Å². The summed E-state index contributed by atoms with van der Waals surface area (Å²) in [6.07, 6.45) is 4.49. The van der Waals surface area contributed by atoms with Crippen molar-refractivity contribution in [2.75, 3.05) is 32.7 Å². The van der Waals surface area contributed by atoms with Gasteiger partial charge in [0.15, 0.2) is 0 Å². The van der Waals surface area contributed by atoms with Crippen molar-refractivity contribution in [2.24, 2.45) is 0 Å². The molecule has 0 aromatic heterocycles. The summed E-state index contributed by atoms with van der Waals surface area (Å²) in [6, 6.07) is -0.0814. The number of aliphatic hydroxyl groups is 1. The Morgan fingerprint density at radius 3 is 2.21 bits per heavy atom. The fourth-order valence-electron chi connectivity index (χ4n) is 3.19. The molecule has 2 aliphatic rings. The Morgan fingerprint density at radius 2 is 1.62 bits per heavy atom. The van der Waals surface area contributed by atoms with E-state index in [0.29, 0.717) is 26.2 Å². The summed E-state index contributed by atoms with van der Waals surface area (Å²) in [6.45, 7) is 3.05. The summed E-state index contributed by atoms with van der Waals surface area (Å²) in [4.78, 5) is 38.8. The molecule has 136 valence electrons. The Labute approximate surface area is 142 Å². The lowest BCUT2D eigenvalue weighted by Gasteiger charge is -2.35. The van der Waals surface area contributed by atoms with Crippen molar-refractivity contribution in [3.63, 3.8) is 0 Å². The minimum atomic E-state index is -1.02. The average molecular weight is 340 g/mol. The van der Waals surface area contributed by atoms with Crippen molar-refractivity contribution in [2.45, 2.75) is 51.2 Å². The van der Waals surface area contributed by atoms with Gasteiger partial charge in [-0.05, 0) is 19.8 Å². The largest absolute Gasteiger partial charge is 0.384 e. The third-order valence-corrected chi connectivity index (χ3v) is 4.64. The summed E-state index contributed by atoms with van der Waals surface area (Å²) in [7, 11) is 0. The molecule has 0 spiro atoms. The summed E-state index contributed by atoms with van der Waals surface area (Å²) in [5.41, 5.74) is 0. The summed E-state index contributed by atoms with van der Waals surface area (Å²) in [5, 5.41) is 14.8. The van der Waals surface area contributed by atoms with Crippen LogP contribution in [0.5, 0.6) is 0 Å². The first-order chi connectivity index (χ1) is 11.5. The van der Waals surface area contributed by atoms with Gasteiger partial charge >= 0.3 is 6.03 Å². The molecule has 1 atom stereocenters. The lowest BCUT2D eigenvalue weighted by molar-refractivity contribution is -0.144. The van der Waals surface area contributed by atoms with Gasteiger partial charge in [0.2, 0.25) is 5.91 Å². The van der Waals surface area contributed by atoms with E-state index >= 15 is 0 Å². The summed E-state index contributed by atoms with van der Waals surface area (Å²) >= 11 is 0. The minimum Gasteiger partial charge on any atom is -0.384 e. The van der Waals surface area contributed by atoms with Gasteiger partial charge in [-0.1, -0.05) is 19.3 Å². The van der Waals surface area contributed by atoms with Crippen LogP contribution < -0.4 is 10.6 Å². The minimum absolute atomic E-state index is 0.0388. The fourth-order valence-corrected chi connectivity index (χ4v) is 3.19. The topological polar surface area (TPSA) is 102 Å². The van der Waals surface area contributed by atoms with Crippen LogP contribution in [0.4, 0.5) is 4.79 Å². The Hall–Kier alpha value is -1.83. The van der Waals surface area contributed by atoms with Gasteiger partial charge in [-0.3, -0.25) is 9.59 Å². The quantitative estimate of drug-likeness (QED) is 0.652. The molecular weight excluding hydrogens is 312 g/mol. The van der Waals surface area contributed by atoms with Crippen LogP contribution in [-0.4, -0.2) is 77.6 Å². The first-order valence-corrected chi connectivity index (χ1v) is 8.76. The van der Waals surface area contributed by atoms with Crippen LogP contribution in [0.1, 0.15) is 39.0 Å². The van der Waals surface area contributed by atoms with E-state index in [4.69, 9.17) is 0 Å². The predicted octanol–water partition coefficient (Wildman–Crippen LogP) is -0.330. The standard InChI is InChI=1S/C16H28N4O4/c1-12(21)15(23)20-9-7-19(8-10-20)14(22)11-17-16(24)18-13-5-3-2-4-6-13/h12-13,21H,2-11H2,1H3,(H2,17,18,24). The Morgan fingerprint density at radius 1 is 1.04 bits per heavy atom. The van der Waals surface area contributed by atoms with Gasteiger partial charge < -0.3 is 25.5 Å². The molecule has 2 rings (SSSR count). The van der Waals surface area contributed by atoms with Crippen LogP contribution in [0.3, 0.4) is 0 Å². The predicted molar refractivity (Wildman–Crippen MR) is 88.2 cm³/mol. The SMILES string of the molecule is CC(O)C(=O)N1CCN(C(=O)CNC(=O)NC2CCCCC2)CC1. The van der Waals surface area contributed by atoms with Crippen LogP contribution in [0.2, 0.25) is 0 Å². The zero-order valence-electron chi connectivity index (χ0n) is 14.3. The number of piperazine rings is 1. The highest BCUT2D eigenvalue weighted by molar-refractivity contribution is 5.84. The summed E-state index contributed by atoms with van der Waals surface area (Å²) in [5.74, 6) is -0.468. The van der Waals surface area contributed by atoms with E-state index in [9.17, 15) is 19.5 Å². The number of amides is 4. The molecule has 2 fully saturated rings. The van der Waals surface area contributed by atoms with Crippen molar-refractivity contribution >= 4 is 17.8 Å². The number of nitrogens with one attached hydrogen (secondary N) is 2. The second-order valence-corrected chi connectivity index (χ2v) is 6.54. The molecule has 1 unspecified atom stereocenters. The van der Waals surface area contributed by atoms with E-state index in [2.05, 4.69) is 10.6 Å². The van der Waals surface area contributed by atoms with Gasteiger partial charge in [-0.25, -0.2) is 4.79 Å². The van der Waals surface area contributed by atoms with Crippen molar-refractivity contribution in [1.82, 2.24) is 20.4 Å². The molecular formula is C16H28N4O4. The molecule has 1 saturated carbocycles. The number of hydrogen-bond donors (Lipinski definition) is 3. The first kappa shape index (κ1) is 18.5. The number of carbonyl (C=O) groups is 3. The van der Waals surface area contributed by atoms with E-state index in [1.807, 2.05) is 0 Å². The van der Waals surface area contributed by atoms with Gasteiger partial charge in [0, 0.05) is 32.2 Å². The third-order valence-electron chi connectivity index (χ3n) is 4.64. The highest BCUT2D eigenvalue weighted by Crippen LogP contribution is 2.17. The maximum absolute atomic E-state index is 12.1. The Kier molecular flexibility index (Phi) is 6.84. The number of rotatable bonds is 4. The highest BCUT2D eigenvalue weighted by Gasteiger charge is 2.26. The molecule has 1 aliphatic carbocycles. The van der Waals surface area contributed by atoms with E-state index in [1.54, 1.807) is 9.80 Å². The molecule has 1 saturated heterocycles. The highest BCUT2D eigenvalue weighted by atomic mass is 16.3. The number of urea groups is 1. The average Bonchev–Trinajstić information content (AvgIpc) is 2.60. The maximum atomic E-state index is 12.1. The smallest absolute Gasteiger partial charge is 0.315 e. The van der Waals surface area contributed by atoms with Gasteiger partial charge in [0.05, 0.1) is 6.54 Å². The number of aliphatic hydroxyl groups excluding tert-OH is 1. The molecule has 24 heavy (non-hydrogen) atoms. The van der Waals surface area contributed by atoms with Crippen LogP contribution in [0, 0.1) is 0 Å². The molecule has 1 aliphatic heterocycles. The van der Waals surface area contributed by atoms with Gasteiger partial charge in [0.25, 0.3) is 5.91 Å². The lowest BCUT2D eigenvalue weighted by atomic mass is 9.96. The summed E-state index contributed by atoms with van der Waals surface area (Å²) < 4.78 is 0. The Bertz CT molecular complexity index is 455. The number of hydrogen-bond acceptors (Lipinski definition) is 4. The van der Waals surface area contributed by atoms with Crippen LogP contribution in [0.25, 0.3) is 0 Å². The lowest BCUT2D eigenvalue weighted by Crippen LogP contribution is -2.54. The second kappa shape index (κ2) is 8.86. The maximum Gasteiger partial charge on any atom is 0.315 e. The Balaban J connectivity index is 1.66. The molecule has 0 radical (unpaired) electrons. The number of carbonyl (C=O) groups excluding carboxylic acids is 3. The van der Waals surface area contributed by atoms with Crippen LogP contribution in [0.15, 0.2) is 0 Å². The molecule has 8 nitrogen and oxygen atoms in total. The van der Waals surface area contributed by atoms with Crippen molar-refractivity contribution in [3.8, 4) is 0 Å². The molecule has 0 aromatic carbocycles. The van der Waals surface area contributed by atoms with Crippen LogP contribution >= 0.6 is 0 Å². The zero-order chi connectivity index (χ0) is 17.5. The molecule has 4 amide bonds. The van der Waals surface area contributed by atoms with E-state index in [1.165, 1.54) is 13.3 Å². The monoisotopic (exact) mass is 340 g/mol. The van der Waals surface area contributed by atoms with Gasteiger partial charge in [0.1, 0.15) is 6.10 Å². The van der Waals surface area contributed by atoms with Gasteiger partial charge in [-0.15, -0.1) is 0 Å². The molecule has 0 bridgehead atoms. The van der Waals surface area contributed by atoms with Crippen molar-refractivity contribution < 1.29 is 19.5 Å². The third kappa shape index (κ3) is 5.36. The van der Waals surface area contributed by atoms with Crippen molar-refractivity contribution in [3.05, 3.63) is 0 Å². The first-order valence-electron chi connectivity index (χ1n) is 8.76. The number of nitrogens with zero attached hydrogens (tertiary/aromatic N) is 2. The normalized spacial score (nSPS) is 20.4. The second-order valence-electron chi connectivity index (χ2n) is 6.54. The van der Waals surface area contributed by atoms with E-state index < -0.39 is 6.10 Å². The van der Waals surface area contributed by atoms with E-state index in [-0.39, 0.29) is 30.4 Å². The molecule has 0 aromatic rings. The zero-order valence-corrected chi connectivity index (χ0v) is 14.3. The fraction of sp³-hybridized carbons (Fsp3) is 0.812. The molecule has 8 heteroatoms. The van der Waals surface area contributed by atoms with E-state index in [0.717, 1.165) is 25.7 Å². The molecule has 1 heterocycles.